The topological polar surface area (TPSA) is 15.9 Å². The summed E-state index contributed by atoms with van der Waals surface area (Å²) in [6.07, 6.45) is 5.90. The molecule has 1 heterocycles. The van der Waals surface area contributed by atoms with Crippen molar-refractivity contribution in [3.05, 3.63) is 43.2 Å². The summed E-state index contributed by atoms with van der Waals surface area (Å²) >= 11 is 0. The summed E-state index contributed by atoms with van der Waals surface area (Å²) in [5, 5.41) is 3.20. The van der Waals surface area contributed by atoms with Crippen molar-refractivity contribution in [2.24, 2.45) is 0 Å². The predicted octanol–water partition coefficient (Wildman–Crippen LogP) is 0.707. The highest BCUT2D eigenvalue weighted by Gasteiger charge is 1.92. The van der Waals surface area contributed by atoms with Crippen molar-refractivity contribution in [2.45, 2.75) is 6.67 Å². The van der Waals surface area contributed by atoms with Crippen LogP contribution in [0.1, 0.15) is 0 Å². The molecule has 1 rings (SSSR count). The van der Waals surface area contributed by atoms with Gasteiger partial charge in [-0.25, -0.2) is 0 Å². The monoisotopic (exact) mass is 149 g/mol. The Balaban J connectivity index is 2.33. The summed E-state index contributed by atoms with van der Waals surface area (Å²) in [7, 11) is 0. The van der Waals surface area contributed by atoms with Gasteiger partial charge in [-0.1, -0.05) is 12.1 Å². The maximum absolute atomic E-state index is 3.62. The van der Waals surface area contributed by atoms with Crippen LogP contribution >= 0.6 is 0 Å². The zero-order chi connectivity index (χ0) is 7.94. The maximum atomic E-state index is 3.62. The molecule has 2 nitrogen and oxygen atoms in total. The molecule has 0 atom stereocenters. The van der Waals surface area contributed by atoms with Gasteiger partial charge in [0, 0.05) is 18.7 Å². The number of hydrogen-bond acceptors (Lipinski definition) is 1. The van der Waals surface area contributed by atoms with Gasteiger partial charge < -0.3 is 0 Å². The van der Waals surface area contributed by atoms with E-state index in [0.29, 0.717) is 0 Å². The van der Waals surface area contributed by atoms with Gasteiger partial charge in [0.05, 0.1) is 0 Å². The minimum atomic E-state index is 0.840. The largest absolute Gasteiger partial charge is 0.258 e. The van der Waals surface area contributed by atoms with E-state index in [1.807, 2.05) is 36.7 Å². The first-order valence-electron chi connectivity index (χ1n) is 3.69. The average molecular weight is 149 g/mol. The molecule has 0 aliphatic rings. The average Bonchev–Trinajstić information content (AvgIpc) is 2.07. The lowest BCUT2D eigenvalue weighted by Crippen LogP contribution is -2.40. The molecule has 0 fully saturated rings. The Kier molecular flexibility index (Phi) is 3.35. The number of nitrogens with zero attached hydrogens (tertiary/aromatic N) is 1. The highest BCUT2D eigenvalue weighted by molar-refractivity contribution is 4.83. The Morgan fingerprint density at radius 3 is 2.64 bits per heavy atom. The van der Waals surface area contributed by atoms with E-state index in [1.165, 1.54) is 0 Å². The third-order valence-electron chi connectivity index (χ3n) is 1.36. The lowest BCUT2D eigenvalue weighted by molar-refractivity contribution is -0.701. The molecule has 0 aliphatic carbocycles. The molecule has 11 heavy (non-hydrogen) atoms. The van der Waals surface area contributed by atoms with Crippen molar-refractivity contribution in [1.82, 2.24) is 5.32 Å². The summed E-state index contributed by atoms with van der Waals surface area (Å²) in [5.74, 6) is 0. The fourth-order valence-electron chi connectivity index (χ4n) is 0.835. The van der Waals surface area contributed by atoms with Crippen LogP contribution in [-0.4, -0.2) is 6.54 Å². The minimum absolute atomic E-state index is 0.840. The van der Waals surface area contributed by atoms with E-state index in [1.54, 1.807) is 0 Å². The van der Waals surface area contributed by atoms with Crippen LogP contribution in [-0.2, 0) is 6.67 Å². The van der Waals surface area contributed by atoms with Gasteiger partial charge in [0.2, 0.25) is 6.67 Å². The fraction of sp³-hybridized carbons (Fsp3) is 0.222. The first-order valence-corrected chi connectivity index (χ1v) is 3.69. The Morgan fingerprint density at radius 2 is 2.00 bits per heavy atom. The van der Waals surface area contributed by atoms with Crippen LogP contribution in [0.4, 0.5) is 0 Å². The van der Waals surface area contributed by atoms with E-state index >= 15 is 0 Å². The van der Waals surface area contributed by atoms with Crippen molar-refractivity contribution < 1.29 is 4.57 Å². The van der Waals surface area contributed by atoms with Gasteiger partial charge >= 0.3 is 0 Å². The zero-order valence-corrected chi connectivity index (χ0v) is 6.53. The minimum Gasteiger partial charge on any atom is -0.258 e. The SMILES string of the molecule is C=CCNC[n+]1ccccc1. The number of aromatic nitrogens is 1. The van der Waals surface area contributed by atoms with E-state index in [4.69, 9.17) is 0 Å². The summed E-state index contributed by atoms with van der Waals surface area (Å²) in [6.45, 7) is 5.31. The molecular weight excluding hydrogens is 136 g/mol. The van der Waals surface area contributed by atoms with E-state index in [2.05, 4.69) is 16.5 Å². The number of rotatable bonds is 4. The van der Waals surface area contributed by atoms with Gasteiger partial charge in [0.15, 0.2) is 12.4 Å². The van der Waals surface area contributed by atoms with Crippen LogP contribution in [0.2, 0.25) is 0 Å². The van der Waals surface area contributed by atoms with E-state index in [0.717, 1.165) is 13.2 Å². The molecule has 0 aliphatic heterocycles. The Labute approximate surface area is 67.2 Å². The van der Waals surface area contributed by atoms with Gasteiger partial charge in [-0.05, 0) is 0 Å². The summed E-state index contributed by atoms with van der Waals surface area (Å²) in [6, 6.07) is 6.02. The van der Waals surface area contributed by atoms with Crippen molar-refractivity contribution in [1.29, 1.82) is 0 Å². The summed E-state index contributed by atoms with van der Waals surface area (Å²) < 4.78 is 2.07. The van der Waals surface area contributed by atoms with Crippen LogP contribution in [0, 0.1) is 0 Å². The van der Waals surface area contributed by atoms with E-state index in [-0.39, 0.29) is 0 Å². The molecule has 0 bridgehead atoms. The van der Waals surface area contributed by atoms with Crippen LogP contribution in [0.5, 0.6) is 0 Å². The first-order chi connectivity index (χ1) is 5.43. The van der Waals surface area contributed by atoms with Gasteiger partial charge in [0.25, 0.3) is 0 Å². The second-order valence-electron chi connectivity index (χ2n) is 2.29. The molecular formula is C9H13N2+. The normalized spacial score (nSPS) is 9.45. The Bertz CT molecular complexity index is 206. The van der Waals surface area contributed by atoms with Crippen LogP contribution < -0.4 is 9.88 Å². The predicted molar refractivity (Wildman–Crippen MR) is 44.8 cm³/mol. The molecule has 0 aromatic carbocycles. The molecule has 0 amide bonds. The van der Waals surface area contributed by atoms with Crippen LogP contribution in [0.15, 0.2) is 43.2 Å². The number of hydrogen-bond donors (Lipinski definition) is 1. The molecule has 0 saturated carbocycles. The van der Waals surface area contributed by atoms with Crippen molar-refractivity contribution >= 4 is 0 Å². The third-order valence-corrected chi connectivity index (χ3v) is 1.36. The second kappa shape index (κ2) is 4.63. The molecule has 0 unspecified atom stereocenters. The Hall–Kier alpha value is -1.15. The number of pyridine rings is 1. The van der Waals surface area contributed by atoms with Crippen molar-refractivity contribution in [3.63, 3.8) is 0 Å². The smallest absolute Gasteiger partial charge is 0.202 e. The van der Waals surface area contributed by atoms with Gasteiger partial charge in [0.1, 0.15) is 0 Å². The molecule has 0 spiro atoms. The summed E-state index contributed by atoms with van der Waals surface area (Å²) in [5.41, 5.74) is 0. The third kappa shape index (κ3) is 2.96. The highest BCUT2D eigenvalue weighted by Crippen LogP contribution is 1.74. The van der Waals surface area contributed by atoms with Crippen LogP contribution in [0.3, 0.4) is 0 Å². The van der Waals surface area contributed by atoms with E-state index < -0.39 is 0 Å². The van der Waals surface area contributed by atoms with Gasteiger partial charge in [-0.3, -0.25) is 5.32 Å². The van der Waals surface area contributed by atoms with E-state index in [9.17, 15) is 0 Å². The Morgan fingerprint density at radius 1 is 1.27 bits per heavy atom. The number of nitrogens with one attached hydrogen (secondary N) is 1. The summed E-state index contributed by atoms with van der Waals surface area (Å²) in [4.78, 5) is 0. The molecule has 0 saturated heterocycles. The molecule has 58 valence electrons. The van der Waals surface area contributed by atoms with Crippen molar-refractivity contribution in [3.8, 4) is 0 Å². The molecule has 0 radical (unpaired) electrons. The highest BCUT2D eigenvalue weighted by atomic mass is 15.1. The standard InChI is InChI=1S/C9H13N2/c1-2-6-10-9-11-7-4-3-5-8-11/h2-5,7-8,10H,1,6,9H2/q+1. The molecule has 2 heteroatoms. The molecule has 1 N–H and O–H groups in total. The molecule has 1 aromatic rings. The van der Waals surface area contributed by atoms with Crippen LogP contribution in [0.25, 0.3) is 0 Å². The van der Waals surface area contributed by atoms with Gasteiger partial charge in [-0.15, -0.1) is 6.58 Å². The van der Waals surface area contributed by atoms with Gasteiger partial charge in [-0.2, -0.15) is 4.57 Å². The first kappa shape index (κ1) is 7.95. The lowest BCUT2D eigenvalue weighted by atomic mass is 10.5. The fourth-order valence-corrected chi connectivity index (χ4v) is 0.835. The quantitative estimate of drug-likeness (QED) is 0.379. The molecule has 1 aromatic heterocycles. The van der Waals surface area contributed by atoms with Crippen molar-refractivity contribution in [2.75, 3.05) is 6.54 Å². The zero-order valence-electron chi connectivity index (χ0n) is 6.53. The maximum Gasteiger partial charge on any atom is 0.202 e. The second-order valence-corrected chi connectivity index (χ2v) is 2.29. The lowest BCUT2D eigenvalue weighted by Gasteiger charge is -1.95.